The number of hydrogen-bond donors (Lipinski definition) is 2. The van der Waals surface area contributed by atoms with Crippen LogP contribution in [0.15, 0.2) is 30.3 Å². The number of halogens is 5. The molecule has 3 atom stereocenters. The second-order valence-corrected chi connectivity index (χ2v) is 5.19. The summed E-state index contributed by atoms with van der Waals surface area (Å²) in [4.78, 5) is 0. The van der Waals surface area contributed by atoms with Crippen LogP contribution >= 0.6 is 0 Å². The monoisotopic (exact) mass is 311 g/mol. The third kappa shape index (κ3) is 4.93. The number of rotatable bonds is 3. The van der Waals surface area contributed by atoms with E-state index in [1.807, 2.05) is 0 Å². The van der Waals surface area contributed by atoms with Crippen LogP contribution in [-0.2, 0) is 0 Å². The Morgan fingerprint density at radius 2 is 1.81 bits per heavy atom. The van der Waals surface area contributed by atoms with Gasteiger partial charge in [0.1, 0.15) is 24.8 Å². The Labute approximate surface area is 119 Å². The molecule has 0 radical (unpaired) electrons. The van der Waals surface area contributed by atoms with Crippen molar-refractivity contribution in [1.29, 1.82) is 0 Å². The standard InChI is InChI=1S/C8H13F4NO.C6H5F/c9-2-6(13)5-1-8(11,12)3-7(5,14)4-10;7-6-4-2-1-3-5-6/h5-6,14H,1-4,13H2;1-5H. The molecule has 2 nitrogen and oxygen atoms in total. The molecule has 0 amide bonds. The molecular formula is C14H18F5NO. The molecule has 3 N–H and O–H groups in total. The van der Waals surface area contributed by atoms with Crippen molar-refractivity contribution in [2.45, 2.75) is 30.4 Å². The van der Waals surface area contributed by atoms with E-state index in [0.29, 0.717) is 0 Å². The van der Waals surface area contributed by atoms with Crippen LogP contribution in [0.5, 0.6) is 0 Å². The van der Waals surface area contributed by atoms with Crippen molar-refractivity contribution in [3.63, 3.8) is 0 Å². The summed E-state index contributed by atoms with van der Waals surface area (Å²) in [5, 5.41) is 9.50. The van der Waals surface area contributed by atoms with Gasteiger partial charge >= 0.3 is 0 Å². The Bertz CT molecular complexity index is 431. The minimum atomic E-state index is -3.15. The fraction of sp³-hybridized carbons (Fsp3) is 0.571. The molecule has 7 heteroatoms. The Morgan fingerprint density at radius 1 is 1.24 bits per heavy atom. The molecule has 1 aromatic rings. The minimum Gasteiger partial charge on any atom is -0.387 e. The largest absolute Gasteiger partial charge is 0.387 e. The first-order valence-corrected chi connectivity index (χ1v) is 6.42. The summed E-state index contributed by atoms with van der Waals surface area (Å²) in [6.45, 7) is -2.36. The van der Waals surface area contributed by atoms with Crippen LogP contribution in [-0.4, -0.2) is 36.0 Å². The molecule has 120 valence electrons. The number of alkyl halides is 4. The lowest BCUT2D eigenvalue weighted by Crippen LogP contribution is -2.46. The van der Waals surface area contributed by atoms with E-state index >= 15 is 0 Å². The molecule has 0 heterocycles. The summed E-state index contributed by atoms with van der Waals surface area (Å²) in [5.41, 5.74) is 3.04. The first-order valence-electron chi connectivity index (χ1n) is 6.42. The van der Waals surface area contributed by atoms with Gasteiger partial charge in [0.15, 0.2) is 0 Å². The summed E-state index contributed by atoms with van der Waals surface area (Å²) in [7, 11) is 0. The minimum absolute atomic E-state index is 0.178. The van der Waals surface area contributed by atoms with E-state index in [4.69, 9.17) is 5.73 Å². The number of aliphatic hydroxyl groups is 1. The number of hydrogen-bond acceptors (Lipinski definition) is 2. The zero-order valence-electron chi connectivity index (χ0n) is 11.3. The molecule has 1 aliphatic rings. The van der Waals surface area contributed by atoms with Crippen LogP contribution < -0.4 is 5.73 Å². The van der Waals surface area contributed by atoms with Gasteiger partial charge in [0, 0.05) is 24.8 Å². The molecule has 1 fully saturated rings. The smallest absolute Gasteiger partial charge is 0.251 e. The van der Waals surface area contributed by atoms with E-state index in [2.05, 4.69) is 0 Å². The van der Waals surface area contributed by atoms with Gasteiger partial charge in [0.2, 0.25) is 0 Å². The molecule has 3 unspecified atom stereocenters. The maximum atomic E-state index is 12.9. The van der Waals surface area contributed by atoms with E-state index in [1.54, 1.807) is 18.2 Å². The second kappa shape index (κ2) is 7.17. The molecule has 0 saturated heterocycles. The fourth-order valence-corrected chi connectivity index (χ4v) is 2.38. The molecule has 0 aliphatic heterocycles. The highest BCUT2D eigenvalue weighted by molar-refractivity contribution is 5.03. The van der Waals surface area contributed by atoms with Crippen molar-refractivity contribution < 1.29 is 27.1 Å². The first-order chi connectivity index (χ1) is 9.74. The van der Waals surface area contributed by atoms with Crippen LogP contribution in [0, 0.1) is 11.7 Å². The average Bonchev–Trinajstić information content (AvgIpc) is 2.70. The third-order valence-corrected chi connectivity index (χ3v) is 3.43. The SMILES string of the molecule is Fc1ccccc1.NC(CF)C1CC(F)(F)CC1(O)CF. The van der Waals surface area contributed by atoms with Crippen molar-refractivity contribution >= 4 is 0 Å². The third-order valence-electron chi connectivity index (χ3n) is 3.43. The van der Waals surface area contributed by atoms with E-state index in [1.165, 1.54) is 12.1 Å². The van der Waals surface area contributed by atoms with Gasteiger partial charge in [-0.05, 0) is 12.1 Å². The van der Waals surface area contributed by atoms with E-state index in [0.717, 1.165) is 0 Å². The van der Waals surface area contributed by atoms with Crippen molar-refractivity contribution in [2.24, 2.45) is 11.7 Å². The van der Waals surface area contributed by atoms with Crippen molar-refractivity contribution in [1.82, 2.24) is 0 Å². The summed E-state index contributed by atoms with van der Waals surface area (Å²) in [6.07, 6.45) is -1.73. The van der Waals surface area contributed by atoms with Crippen molar-refractivity contribution in [2.75, 3.05) is 13.3 Å². The lowest BCUT2D eigenvalue weighted by molar-refractivity contribution is -0.0542. The van der Waals surface area contributed by atoms with Gasteiger partial charge in [-0.25, -0.2) is 22.0 Å². The predicted molar refractivity (Wildman–Crippen MR) is 68.9 cm³/mol. The molecule has 21 heavy (non-hydrogen) atoms. The maximum absolute atomic E-state index is 12.9. The quantitative estimate of drug-likeness (QED) is 0.843. The van der Waals surface area contributed by atoms with Crippen LogP contribution in [0.4, 0.5) is 22.0 Å². The molecule has 2 rings (SSSR count). The van der Waals surface area contributed by atoms with E-state index < -0.39 is 49.7 Å². The fourth-order valence-electron chi connectivity index (χ4n) is 2.38. The molecule has 0 bridgehead atoms. The molecular weight excluding hydrogens is 293 g/mol. The summed E-state index contributed by atoms with van der Waals surface area (Å²) < 4.78 is 62.2. The summed E-state index contributed by atoms with van der Waals surface area (Å²) in [5.74, 6) is -4.55. The lowest BCUT2D eigenvalue weighted by atomic mass is 9.87. The molecule has 0 spiro atoms. The van der Waals surface area contributed by atoms with Gasteiger partial charge in [-0.1, -0.05) is 18.2 Å². The van der Waals surface area contributed by atoms with Crippen molar-refractivity contribution in [3.05, 3.63) is 36.1 Å². The van der Waals surface area contributed by atoms with Crippen LogP contribution in [0.1, 0.15) is 12.8 Å². The van der Waals surface area contributed by atoms with Gasteiger partial charge in [0.25, 0.3) is 5.92 Å². The van der Waals surface area contributed by atoms with Crippen LogP contribution in [0.3, 0.4) is 0 Å². The van der Waals surface area contributed by atoms with Crippen molar-refractivity contribution in [3.8, 4) is 0 Å². The normalized spacial score (nSPS) is 28.6. The zero-order chi connectivity index (χ0) is 16.1. The Kier molecular flexibility index (Phi) is 6.10. The predicted octanol–water partition coefficient (Wildman–Crippen LogP) is 2.85. The van der Waals surface area contributed by atoms with Crippen LogP contribution in [0.25, 0.3) is 0 Å². The zero-order valence-corrected chi connectivity index (χ0v) is 11.3. The Balaban J connectivity index is 0.000000262. The number of nitrogens with two attached hydrogens (primary N) is 1. The van der Waals surface area contributed by atoms with E-state index in [9.17, 15) is 27.1 Å². The van der Waals surface area contributed by atoms with Gasteiger partial charge < -0.3 is 10.8 Å². The highest BCUT2D eigenvalue weighted by Crippen LogP contribution is 2.47. The van der Waals surface area contributed by atoms with Gasteiger partial charge in [-0.2, -0.15) is 0 Å². The average molecular weight is 311 g/mol. The highest BCUT2D eigenvalue weighted by Gasteiger charge is 2.57. The molecule has 1 aliphatic carbocycles. The Morgan fingerprint density at radius 3 is 2.19 bits per heavy atom. The van der Waals surface area contributed by atoms with Gasteiger partial charge in [0.05, 0.1) is 0 Å². The maximum Gasteiger partial charge on any atom is 0.251 e. The highest BCUT2D eigenvalue weighted by atomic mass is 19.3. The molecule has 1 aromatic carbocycles. The van der Waals surface area contributed by atoms with Crippen LogP contribution in [0.2, 0.25) is 0 Å². The number of benzene rings is 1. The summed E-state index contributed by atoms with van der Waals surface area (Å²) in [6, 6.07) is 6.71. The summed E-state index contributed by atoms with van der Waals surface area (Å²) >= 11 is 0. The lowest BCUT2D eigenvalue weighted by Gasteiger charge is -2.29. The van der Waals surface area contributed by atoms with Gasteiger partial charge in [-0.15, -0.1) is 0 Å². The van der Waals surface area contributed by atoms with Gasteiger partial charge in [-0.3, -0.25) is 0 Å². The topological polar surface area (TPSA) is 46.2 Å². The van der Waals surface area contributed by atoms with E-state index in [-0.39, 0.29) is 5.82 Å². The second-order valence-electron chi connectivity index (χ2n) is 5.19. The first kappa shape index (κ1) is 17.8. The Hall–Kier alpha value is -1.21. The molecule has 0 aromatic heterocycles. The molecule has 1 saturated carbocycles.